The van der Waals surface area contributed by atoms with Gasteiger partial charge in [-0.15, -0.1) is 0 Å². The zero-order chi connectivity index (χ0) is 25.7. The van der Waals surface area contributed by atoms with Crippen LogP contribution < -0.4 is 30.2 Å². The maximum Gasteiger partial charge on any atom is 0.255 e. The second-order valence-electron chi connectivity index (χ2n) is 8.08. The van der Waals surface area contributed by atoms with Gasteiger partial charge in [0.05, 0.1) is 31.5 Å². The number of nitrogens with one attached hydrogen (secondary N) is 3. The van der Waals surface area contributed by atoms with Gasteiger partial charge in [0.1, 0.15) is 29.7 Å². The molecule has 0 bridgehead atoms. The fourth-order valence-corrected chi connectivity index (χ4v) is 4.14. The van der Waals surface area contributed by atoms with Crippen LogP contribution in [0.25, 0.3) is 0 Å². The van der Waals surface area contributed by atoms with Crippen LogP contribution in [0.1, 0.15) is 24.1 Å². The SMILES string of the molecule is COc1ccc(NC(=O)C2=C(C)NC(=S)N[C@@H]2c2cccc(OCc3ccc(F)cc3)c2)c(OC)c1. The van der Waals surface area contributed by atoms with E-state index >= 15 is 0 Å². The van der Waals surface area contributed by atoms with Crippen molar-refractivity contribution in [2.45, 2.75) is 19.6 Å². The summed E-state index contributed by atoms with van der Waals surface area (Å²) in [7, 11) is 3.09. The molecule has 0 unspecified atom stereocenters. The van der Waals surface area contributed by atoms with Crippen molar-refractivity contribution in [3.8, 4) is 17.2 Å². The molecular weight excluding hydrogens is 481 g/mol. The van der Waals surface area contributed by atoms with Crippen molar-refractivity contribution < 1.29 is 23.4 Å². The van der Waals surface area contributed by atoms with E-state index < -0.39 is 6.04 Å². The normalized spacial score (nSPS) is 15.0. The smallest absolute Gasteiger partial charge is 0.255 e. The lowest BCUT2D eigenvalue weighted by Crippen LogP contribution is -2.45. The van der Waals surface area contributed by atoms with Crippen LogP contribution in [0.2, 0.25) is 0 Å². The van der Waals surface area contributed by atoms with Gasteiger partial charge in [-0.2, -0.15) is 0 Å². The summed E-state index contributed by atoms with van der Waals surface area (Å²) in [5, 5.41) is 9.56. The molecule has 36 heavy (non-hydrogen) atoms. The summed E-state index contributed by atoms with van der Waals surface area (Å²) in [4.78, 5) is 13.5. The Balaban J connectivity index is 1.58. The van der Waals surface area contributed by atoms with Crippen LogP contribution in [0.3, 0.4) is 0 Å². The van der Waals surface area contributed by atoms with E-state index in [4.69, 9.17) is 26.4 Å². The van der Waals surface area contributed by atoms with E-state index in [0.29, 0.717) is 39.3 Å². The number of hydrogen-bond acceptors (Lipinski definition) is 5. The third kappa shape index (κ3) is 5.75. The summed E-state index contributed by atoms with van der Waals surface area (Å²) in [5.41, 5.74) is 3.24. The predicted molar refractivity (Wildman–Crippen MR) is 140 cm³/mol. The van der Waals surface area contributed by atoms with Crippen molar-refractivity contribution in [2.24, 2.45) is 0 Å². The highest BCUT2D eigenvalue weighted by atomic mass is 32.1. The van der Waals surface area contributed by atoms with E-state index in [2.05, 4.69) is 16.0 Å². The molecule has 0 aliphatic carbocycles. The number of carbonyl (C=O) groups is 1. The summed E-state index contributed by atoms with van der Waals surface area (Å²) in [6.07, 6.45) is 0. The fourth-order valence-electron chi connectivity index (χ4n) is 3.87. The molecule has 186 valence electrons. The van der Waals surface area contributed by atoms with Gasteiger partial charge < -0.3 is 30.2 Å². The summed E-state index contributed by atoms with van der Waals surface area (Å²) in [5.74, 6) is 1.08. The number of carbonyl (C=O) groups excluding carboxylic acids is 1. The fraction of sp³-hybridized carbons (Fsp3) is 0.185. The molecule has 1 aliphatic rings. The Labute approximate surface area is 214 Å². The zero-order valence-corrected chi connectivity index (χ0v) is 20.9. The van der Waals surface area contributed by atoms with Crippen molar-refractivity contribution in [1.82, 2.24) is 10.6 Å². The summed E-state index contributed by atoms with van der Waals surface area (Å²) in [6, 6.07) is 18.2. The molecule has 3 N–H and O–H groups in total. The monoisotopic (exact) mass is 507 g/mol. The minimum Gasteiger partial charge on any atom is -0.497 e. The van der Waals surface area contributed by atoms with Gasteiger partial charge in [0.15, 0.2) is 5.11 Å². The van der Waals surface area contributed by atoms with Crippen LogP contribution in [0.15, 0.2) is 78.0 Å². The Bertz CT molecular complexity index is 1310. The second-order valence-corrected chi connectivity index (χ2v) is 8.49. The Morgan fingerprint density at radius 3 is 2.53 bits per heavy atom. The second kappa shape index (κ2) is 11.1. The van der Waals surface area contributed by atoms with Crippen LogP contribution in [-0.2, 0) is 11.4 Å². The highest BCUT2D eigenvalue weighted by Gasteiger charge is 2.30. The number of anilines is 1. The van der Waals surface area contributed by atoms with Gasteiger partial charge in [0, 0.05) is 11.8 Å². The first-order valence-electron chi connectivity index (χ1n) is 11.2. The highest BCUT2D eigenvalue weighted by Crippen LogP contribution is 2.33. The molecule has 0 saturated heterocycles. The lowest BCUT2D eigenvalue weighted by atomic mass is 9.94. The molecule has 0 aromatic heterocycles. The van der Waals surface area contributed by atoms with Gasteiger partial charge in [-0.25, -0.2) is 4.39 Å². The maximum atomic E-state index is 13.5. The first-order chi connectivity index (χ1) is 17.4. The average Bonchev–Trinajstić information content (AvgIpc) is 2.88. The molecule has 0 spiro atoms. The van der Waals surface area contributed by atoms with Crippen molar-refractivity contribution in [3.63, 3.8) is 0 Å². The first kappa shape index (κ1) is 25.0. The van der Waals surface area contributed by atoms with Crippen LogP contribution in [0.4, 0.5) is 10.1 Å². The number of halogens is 1. The Kier molecular flexibility index (Phi) is 7.70. The molecule has 3 aromatic carbocycles. The quantitative estimate of drug-likeness (QED) is 0.376. The summed E-state index contributed by atoms with van der Waals surface area (Å²) in [6.45, 7) is 2.08. The Morgan fingerprint density at radius 2 is 1.81 bits per heavy atom. The molecule has 0 saturated carbocycles. The van der Waals surface area contributed by atoms with Crippen LogP contribution >= 0.6 is 12.2 Å². The van der Waals surface area contributed by atoms with E-state index in [0.717, 1.165) is 11.1 Å². The van der Waals surface area contributed by atoms with Crippen LogP contribution in [0, 0.1) is 5.82 Å². The number of allylic oxidation sites excluding steroid dienone is 1. The standard InChI is InChI=1S/C27H26FN3O4S/c1-16-24(26(32)30-22-12-11-20(33-2)14-23(22)34-3)25(31-27(36)29-16)18-5-4-6-21(13-18)35-15-17-7-9-19(28)10-8-17/h4-14,25H,15H2,1-3H3,(H,30,32)(H2,29,31,36)/t25-/m1/s1. The van der Waals surface area contributed by atoms with Gasteiger partial charge in [0.25, 0.3) is 5.91 Å². The van der Waals surface area contributed by atoms with Gasteiger partial charge in [0.2, 0.25) is 0 Å². The van der Waals surface area contributed by atoms with Gasteiger partial charge in [-0.1, -0.05) is 24.3 Å². The summed E-state index contributed by atoms with van der Waals surface area (Å²) >= 11 is 5.37. The minimum absolute atomic E-state index is 0.279. The van der Waals surface area contributed by atoms with Crippen LogP contribution in [0.5, 0.6) is 17.2 Å². The first-order valence-corrected chi connectivity index (χ1v) is 11.6. The summed E-state index contributed by atoms with van der Waals surface area (Å²) < 4.78 is 29.7. The van der Waals surface area contributed by atoms with Crippen molar-refractivity contribution in [2.75, 3.05) is 19.5 Å². The highest BCUT2D eigenvalue weighted by molar-refractivity contribution is 7.80. The number of hydrogen-bond donors (Lipinski definition) is 3. The number of thiocarbonyl (C=S) groups is 1. The van der Waals surface area contributed by atoms with Gasteiger partial charge in [-0.05, 0) is 66.7 Å². The molecule has 1 atom stereocenters. The number of rotatable bonds is 8. The van der Waals surface area contributed by atoms with E-state index in [1.165, 1.54) is 19.2 Å². The van der Waals surface area contributed by atoms with E-state index in [1.54, 1.807) is 44.4 Å². The molecule has 9 heteroatoms. The maximum absolute atomic E-state index is 13.5. The van der Waals surface area contributed by atoms with Crippen molar-refractivity contribution in [3.05, 3.63) is 94.9 Å². The van der Waals surface area contributed by atoms with Gasteiger partial charge >= 0.3 is 0 Å². The zero-order valence-electron chi connectivity index (χ0n) is 20.1. The molecule has 0 radical (unpaired) electrons. The molecule has 3 aromatic rings. The van der Waals surface area contributed by atoms with E-state index in [1.807, 2.05) is 24.3 Å². The molecule has 7 nitrogen and oxygen atoms in total. The molecule has 1 heterocycles. The van der Waals surface area contributed by atoms with E-state index in [-0.39, 0.29) is 18.3 Å². The van der Waals surface area contributed by atoms with Gasteiger partial charge in [-0.3, -0.25) is 4.79 Å². The van der Waals surface area contributed by atoms with Crippen LogP contribution in [-0.4, -0.2) is 25.2 Å². The third-order valence-corrected chi connectivity index (χ3v) is 5.90. The number of amides is 1. The number of methoxy groups -OCH3 is 2. The lowest BCUT2D eigenvalue weighted by molar-refractivity contribution is -0.113. The molecule has 1 amide bonds. The molecule has 4 rings (SSSR count). The number of benzene rings is 3. The Hall–Kier alpha value is -4.11. The average molecular weight is 508 g/mol. The lowest BCUT2D eigenvalue weighted by Gasteiger charge is -2.30. The predicted octanol–water partition coefficient (Wildman–Crippen LogP) is 4.85. The number of ether oxygens (including phenoxy) is 3. The van der Waals surface area contributed by atoms with E-state index in [9.17, 15) is 9.18 Å². The minimum atomic E-state index is -0.516. The topological polar surface area (TPSA) is 80.9 Å². The van der Waals surface area contributed by atoms with Crippen molar-refractivity contribution in [1.29, 1.82) is 0 Å². The Morgan fingerprint density at radius 1 is 1.03 bits per heavy atom. The third-order valence-electron chi connectivity index (χ3n) is 5.68. The largest absolute Gasteiger partial charge is 0.497 e. The van der Waals surface area contributed by atoms with Crippen molar-refractivity contribution >= 4 is 28.9 Å². The molecule has 1 aliphatic heterocycles. The molecule has 0 fully saturated rings. The molecular formula is C27H26FN3O4S.